The van der Waals surface area contributed by atoms with Crippen LogP contribution in [0.3, 0.4) is 0 Å². The van der Waals surface area contributed by atoms with Crippen LogP contribution >= 0.6 is 0 Å². The van der Waals surface area contributed by atoms with Gasteiger partial charge in [0.1, 0.15) is 0 Å². The van der Waals surface area contributed by atoms with Crippen LogP contribution < -0.4 is 4.90 Å². The van der Waals surface area contributed by atoms with Crippen molar-refractivity contribution in [3.8, 4) is 0 Å². The van der Waals surface area contributed by atoms with Gasteiger partial charge in [0.15, 0.2) is 0 Å². The quantitative estimate of drug-likeness (QED) is 0.575. The van der Waals surface area contributed by atoms with E-state index in [0.717, 1.165) is 30.1 Å². The van der Waals surface area contributed by atoms with Crippen molar-refractivity contribution >= 4 is 27.9 Å². The Morgan fingerprint density at radius 3 is 2.50 bits per heavy atom. The first-order valence-corrected chi connectivity index (χ1v) is 8.64. The molecule has 1 aliphatic heterocycles. The number of imidazole rings is 1. The van der Waals surface area contributed by atoms with Crippen molar-refractivity contribution in [3.05, 3.63) is 60.3 Å². The van der Waals surface area contributed by atoms with E-state index in [-0.39, 0.29) is 0 Å². The number of hydrogen-bond acceptors (Lipinski definition) is 2. The summed E-state index contributed by atoms with van der Waals surface area (Å²) in [6.45, 7) is 2.09. The lowest BCUT2D eigenvalue weighted by Crippen LogP contribution is -2.33. The molecular weight excluding hydrogens is 296 g/mol. The van der Waals surface area contributed by atoms with E-state index in [4.69, 9.17) is 4.98 Å². The molecule has 5 rings (SSSR count). The highest BCUT2D eigenvalue weighted by atomic mass is 15.3. The summed E-state index contributed by atoms with van der Waals surface area (Å²) in [5.74, 6) is 1.63. The molecule has 0 radical (unpaired) electrons. The fourth-order valence-corrected chi connectivity index (χ4v) is 3.92. The van der Waals surface area contributed by atoms with Gasteiger partial charge in [0, 0.05) is 30.2 Å². The van der Waals surface area contributed by atoms with Crippen LogP contribution in [0.2, 0.25) is 0 Å². The van der Waals surface area contributed by atoms with Crippen LogP contribution in [0.4, 0.5) is 5.95 Å². The third-order valence-electron chi connectivity index (χ3n) is 5.23. The maximum absolute atomic E-state index is 4.74. The van der Waals surface area contributed by atoms with Crippen LogP contribution in [-0.4, -0.2) is 28.0 Å². The van der Waals surface area contributed by atoms with Gasteiger partial charge in [0.25, 0.3) is 0 Å². The van der Waals surface area contributed by atoms with Crippen LogP contribution in [0.25, 0.3) is 21.9 Å². The van der Waals surface area contributed by atoms with E-state index in [1.54, 1.807) is 0 Å². The molecule has 3 heterocycles. The number of piperidine rings is 1. The fraction of sp³-hybridized carbons (Fsp3) is 0.250. The number of fused-ring (bicyclic) bond motifs is 2. The van der Waals surface area contributed by atoms with Crippen LogP contribution in [0.15, 0.2) is 54.7 Å². The summed E-state index contributed by atoms with van der Waals surface area (Å²) in [4.78, 5) is 14.0. The van der Waals surface area contributed by atoms with Crippen molar-refractivity contribution in [2.24, 2.45) is 0 Å². The van der Waals surface area contributed by atoms with Crippen molar-refractivity contribution in [1.82, 2.24) is 15.0 Å². The molecule has 2 aromatic heterocycles. The second-order valence-electron chi connectivity index (χ2n) is 6.63. The van der Waals surface area contributed by atoms with Crippen molar-refractivity contribution in [2.45, 2.75) is 18.8 Å². The van der Waals surface area contributed by atoms with Gasteiger partial charge in [0.2, 0.25) is 5.95 Å². The second-order valence-corrected chi connectivity index (χ2v) is 6.63. The third kappa shape index (κ3) is 2.18. The molecule has 0 saturated carbocycles. The maximum atomic E-state index is 4.74. The number of hydrogen-bond donors (Lipinski definition) is 2. The molecule has 120 valence electrons. The van der Waals surface area contributed by atoms with E-state index >= 15 is 0 Å². The van der Waals surface area contributed by atoms with Crippen molar-refractivity contribution < 1.29 is 0 Å². The molecule has 0 atom stereocenters. The Morgan fingerprint density at radius 2 is 1.67 bits per heavy atom. The largest absolute Gasteiger partial charge is 0.361 e. The third-order valence-corrected chi connectivity index (χ3v) is 5.23. The summed E-state index contributed by atoms with van der Waals surface area (Å²) in [5, 5.41) is 1.37. The Hall–Kier alpha value is -2.75. The zero-order chi connectivity index (χ0) is 15.9. The number of H-pyrrole nitrogens is 2. The Labute approximate surface area is 140 Å². The molecule has 4 nitrogen and oxygen atoms in total. The number of nitrogens with one attached hydrogen (secondary N) is 2. The first kappa shape index (κ1) is 13.7. The molecular formula is C20H20N4. The highest BCUT2D eigenvalue weighted by Gasteiger charge is 2.24. The van der Waals surface area contributed by atoms with Crippen LogP contribution in [0.1, 0.15) is 24.3 Å². The van der Waals surface area contributed by atoms with Gasteiger partial charge in [-0.3, -0.25) is 0 Å². The van der Waals surface area contributed by atoms with Gasteiger partial charge in [-0.25, -0.2) is 4.98 Å². The van der Waals surface area contributed by atoms with Gasteiger partial charge in [-0.1, -0.05) is 30.3 Å². The zero-order valence-electron chi connectivity index (χ0n) is 13.5. The number of para-hydroxylation sites is 3. The Balaban J connectivity index is 1.37. The lowest BCUT2D eigenvalue weighted by atomic mass is 9.89. The average molecular weight is 316 g/mol. The monoisotopic (exact) mass is 316 g/mol. The molecule has 1 fully saturated rings. The smallest absolute Gasteiger partial charge is 0.203 e. The van der Waals surface area contributed by atoms with Gasteiger partial charge in [-0.2, -0.15) is 0 Å². The minimum Gasteiger partial charge on any atom is -0.361 e. The molecule has 1 aliphatic rings. The number of rotatable bonds is 2. The summed E-state index contributed by atoms with van der Waals surface area (Å²) < 4.78 is 0. The summed E-state index contributed by atoms with van der Waals surface area (Å²) in [6, 6.07) is 16.8. The molecule has 0 bridgehead atoms. The molecule has 24 heavy (non-hydrogen) atoms. The van der Waals surface area contributed by atoms with E-state index in [2.05, 4.69) is 57.5 Å². The number of benzene rings is 2. The molecule has 0 aliphatic carbocycles. The van der Waals surface area contributed by atoms with Crippen molar-refractivity contribution in [2.75, 3.05) is 18.0 Å². The van der Waals surface area contributed by atoms with Gasteiger partial charge < -0.3 is 14.9 Å². The highest BCUT2D eigenvalue weighted by Crippen LogP contribution is 2.34. The average Bonchev–Trinajstić information content (AvgIpc) is 3.26. The van der Waals surface area contributed by atoms with E-state index < -0.39 is 0 Å². The number of nitrogens with zero attached hydrogens (tertiary/aromatic N) is 2. The van der Waals surface area contributed by atoms with Gasteiger partial charge in [0.05, 0.1) is 11.0 Å². The standard InChI is InChI=1S/C20H20N4/c1-2-6-17-15(5-1)16(13-21-17)14-9-11-24(12-10-14)20-22-18-7-3-4-8-19(18)23-20/h1-8,13-14,21H,9-12H2,(H,22,23). The molecule has 4 heteroatoms. The molecule has 4 aromatic rings. The fourth-order valence-electron chi connectivity index (χ4n) is 3.92. The molecule has 1 saturated heterocycles. The number of aromatic amines is 2. The zero-order valence-corrected chi connectivity index (χ0v) is 13.5. The minimum absolute atomic E-state index is 0.627. The SMILES string of the molecule is c1ccc2[nH]c(N3CCC(c4c[nH]c5ccccc45)CC3)nc2c1. The Kier molecular flexibility index (Phi) is 3.08. The molecule has 0 spiro atoms. The predicted molar refractivity (Wildman–Crippen MR) is 98.6 cm³/mol. The first-order chi connectivity index (χ1) is 11.9. The van der Waals surface area contributed by atoms with Crippen molar-refractivity contribution in [1.29, 1.82) is 0 Å². The topological polar surface area (TPSA) is 47.7 Å². The summed E-state index contributed by atoms with van der Waals surface area (Å²) in [7, 11) is 0. The lowest BCUT2D eigenvalue weighted by molar-refractivity contribution is 0.503. The second kappa shape index (κ2) is 5.41. The molecule has 2 aromatic carbocycles. The summed E-state index contributed by atoms with van der Waals surface area (Å²) in [5.41, 5.74) is 4.87. The first-order valence-electron chi connectivity index (χ1n) is 8.64. The van der Waals surface area contributed by atoms with Gasteiger partial charge in [-0.15, -0.1) is 0 Å². The van der Waals surface area contributed by atoms with Crippen LogP contribution in [0.5, 0.6) is 0 Å². The number of anilines is 1. The normalized spacial score (nSPS) is 16.2. The predicted octanol–water partition coefficient (Wildman–Crippen LogP) is 4.43. The van der Waals surface area contributed by atoms with Gasteiger partial charge >= 0.3 is 0 Å². The molecule has 2 N–H and O–H groups in total. The summed E-state index contributed by atoms with van der Waals surface area (Å²) >= 11 is 0. The van der Waals surface area contributed by atoms with Crippen LogP contribution in [-0.2, 0) is 0 Å². The Bertz CT molecular complexity index is 956. The number of aromatic nitrogens is 3. The van der Waals surface area contributed by atoms with Crippen molar-refractivity contribution in [3.63, 3.8) is 0 Å². The molecule has 0 unspecified atom stereocenters. The highest BCUT2D eigenvalue weighted by molar-refractivity contribution is 5.83. The van der Waals surface area contributed by atoms with Gasteiger partial charge in [-0.05, 0) is 42.5 Å². The summed E-state index contributed by atoms with van der Waals surface area (Å²) in [6.07, 6.45) is 4.53. The van der Waals surface area contributed by atoms with E-state index in [1.165, 1.54) is 29.3 Å². The lowest BCUT2D eigenvalue weighted by Gasteiger charge is -2.31. The molecule has 0 amide bonds. The van der Waals surface area contributed by atoms with E-state index in [0.29, 0.717) is 5.92 Å². The maximum Gasteiger partial charge on any atom is 0.203 e. The minimum atomic E-state index is 0.627. The van der Waals surface area contributed by atoms with E-state index in [9.17, 15) is 0 Å². The van der Waals surface area contributed by atoms with E-state index in [1.807, 2.05) is 12.1 Å². The Morgan fingerprint density at radius 1 is 0.917 bits per heavy atom. The van der Waals surface area contributed by atoms with Crippen LogP contribution in [0, 0.1) is 0 Å².